The topological polar surface area (TPSA) is 25.4 Å². The van der Waals surface area contributed by atoms with Gasteiger partial charge < -0.3 is 4.74 Å². The van der Waals surface area contributed by atoms with E-state index < -0.39 is 0 Å². The van der Waals surface area contributed by atoms with Gasteiger partial charge in [-0.2, -0.15) is 0 Å². The molecule has 0 aliphatic carbocycles. The van der Waals surface area contributed by atoms with Crippen LogP contribution in [-0.2, 0) is 11.3 Å². The van der Waals surface area contributed by atoms with Gasteiger partial charge in [0.05, 0.1) is 17.7 Å². The van der Waals surface area contributed by atoms with Gasteiger partial charge in [0.2, 0.25) is 0 Å². The molecule has 0 spiro atoms. The molecule has 0 radical (unpaired) electrons. The first-order valence-electron chi connectivity index (χ1n) is 4.94. The normalized spacial score (nSPS) is 13.1. The number of methoxy groups -OCH3 is 1. The van der Waals surface area contributed by atoms with E-state index in [0.717, 1.165) is 18.8 Å². The van der Waals surface area contributed by atoms with E-state index in [2.05, 4.69) is 9.88 Å². The highest BCUT2D eigenvalue weighted by Gasteiger charge is 2.08. The molecular weight excluding hydrogens is 212 g/mol. The Morgan fingerprint density at radius 2 is 2.33 bits per heavy atom. The molecule has 0 bridgehead atoms. The van der Waals surface area contributed by atoms with Crippen LogP contribution in [0.3, 0.4) is 0 Å². The summed E-state index contributed by atoms with van der Waals surface area (Å²) in [6.07, 6.45) is 1.80. The number of ether oxygens (including phenoxy) is 1. The standard InChI is InChI=1S/C11H17ClN2O/c1-14(7-10(12)9-15-2)8-11-5-3-4-6-13-11/h3-6,10H,7-9H2,1-2H3. The zero-order chi connectivity index (χ0) is 11.1. The lowest BCUT2D eigenvalue weighted by molar-refractivity contribution is 0.181. The summed E-state index contributed by atoms with van der Waals surface area (Å²) in [6, 6.07) is 5.92. The van der Waals surface area contributed by atoms with Gasteiger partial charge in [0.1, 0.15) is 0 Å². The summed E-state index contributed by atoms with van der Waals surface area (Å²) in [4.78, 5) is 6.39. The molecule has 1 unspecified atom stereocenters. The molecule has 0 aliphatic rings. The van der Waals surface area contributed by atoms with Crippen molar-refractivity contribution in [2.24, 2.45) is 0 Å². The van der Waals surface area contributed by atoms with E-state index in [0.29, 0.717) is 6.61 Å². The van der Waals surface area contributed by atoms with E-state index >= 15 is 0 Å². The van der Waals surface area contributed by atoms with Crippen LogP contribution >= 0.6 is 11.6 Å². The van der Waals surface area contributed by atoms with Crippen LogP contribution in [0.25, 0.3) is 0 Å². The smallest absolute Gasteiger partial charge is 0.0696 e. The van der Waals surface area contributed by atoms with Crippen molar-refractivity contribution in [2.75, 3.05) is 27.3 Å². The molecule has 0 aliphatic heterocycles. The van der Waals surface area contributed by atoms with Crippen LogP contribution < -0.4 is 0 Å². The molecule has 0 saturated heterocycles. The van der Waals surface area contributed by atoms with Crippen LogP contribution in [0.15, 0.2) is 24.4 Å². The molecule has 0 fully saturated rings. The van der Waals surface area contributed by atoms with Gasteiger partial charge in [-0.3, -0.25) is 9.88 Å². The predicted octanol–water partition coefficient (Wildman–Crippen LogP) is 1.77. The molecule has 0 aromatic carbocycles. The monoisotopic (exact) mass is 228 g/mol. The van der Waals surface area contributed by atoms with E-state index in [4.69, 9.17) is 16.3 Å². The Balaban J connectivity index is 2.33. The van der Waals surface area contributed by atoms with E-state index in [1.54, 1.807) is 13.3 Å². The number of aromatic nitrogens is 1. The highest BCUT2D eigenvalue weighted by atomic mass is 35.5. The van der Waals surface area contributed by atoms with Gasteiger partial charge in [0.15, 0.2) is 0 Å². The van der Waals surface area contributed by atoms with Gasteiger partial charge in [0, 0.05) is 26.4 Å². The van der Waals surface area contributed by atoms with E-state index in [1.807, 2.05) is 25.2 Å². The number of pyridine rings is 1. The largest absolute Gasteiger partial charge is 0.383 e. The maximum atomic E-state index is 6.05. The van der Waals surface area contributed by atoms with Crippen LogP contribution in [0.4, 0.5) is 0 Å². The number of hydrogen-bond acceptors (Lipinski definition) is 3. The van der Waals surface area contributed by atoms with Gasteiger partial charge in [-0.25, -0.2) is 0 Å². The summed E-state index contributed by atoms with van der Waals surface area (Å²) >= 11 is 6.05. The molecule has 0 N–H and O–H groups in total. The molecule has 84 valence electrons. The predicted molar refractivity (Wildman–Crippen MR) is 62.1 cm³/mol. The minimum atomic E-state index is 0.0312. The maximum Gasteiger partial charge on any atom is 0.0696 e. The lowest BCUT2D eigenvalue weighted by Crippen LogP contribution is -2.28. The average molecular weight is 229 g/mol. The van der Waals surface area contributed by atoms with Crippen molar-refractivity contribution in [1.29, 1.82) is 0 Å². The van der Waals surface area contributed by atoms with Gasteiger partial charge >= 0.3 is 0 Å². The molecule has 1 rings (SSSR count). The third kappa shape index (κ3) is 5.11. The summed E-state index contributed by atoms with van der Waals surface area (Å²) in [5.41, 5.74) is 1.06. The number of halogens is 1. The molecule has 0 saturated carbocycles. The van der Waals surface area contributed by atoms with Crippen LogP contribution in [0, 0.1) is 0 Å². The Morgan fingerprint density at radius 1 is 1.53 bits per heavy atom. The minimum Gasteiger partial charge on any atom is -0.383 e. The summed E-state index contributed by atoms with van der Waals surface area (Å²) in [7, 11) is 3.69. The summed E-state index contributed by atoms with van der Waals surface area (Å²) in [6.45, 7) is 2.19. The molecule has 1 heterocycles. The summed E-state index contributed by atoms with van der Waals surface area (Å²) in [5.74, 6) is 0. The third-order valence-electron chi connectivity index (χ3n) is 2.02. The minimum absolute atomic E-state index is 0.0312. The second-order valence-electron chi connectivity index (χ2n) is 3.57. The van der Waals surface area contributed by atoms with Gasteiger partial charge in [-0.15, -0.1) is 11.6 Å². The maximum absolute atomic E-state index is 6.05. The SMILES string of the molecule is COCC(Cl)CN(C)Cc1ccccn1. The van der Waals surface area contributed by atoms with Crippen molar-refractivity contribution in [2.45, 2.75) is 11.9 Å². The lowest BCUT2D eigenvalue weighted by Gasteiger charge is -2.19. The quantitative estimate of drug-likeness (QED) is 0.694. The Hall–Kier alpha value is -0.640. The van der Waals surface area contributed by atoms with Crippen LogP contribution in [0.2, 0.25) is 0 Å². The average Bonchev–Trinajstić information content (AvgIpc) is 2.19. The van der Waals surface area contributed by atoms with E-state index in [9.17, 15) is 0 Å². The van der Waals surface area contributed by atoms with Gasteiger partial charge in [0.25, 0.3) is 0 Å². The van der Waals surface area contributed by atoms with Gasteiger partial charge in [-0.05, 0) is 19.2 Å². The van der Waals surface area contributed by atoms with E-state index in [1.165, 1.54) is 0 Å². The molecular formula is C11H17ClN2O. The van der Waals surface area contributed by atoms with Crippen molar-refractivity contribution in [3.05, 3.63) is 30.1 Å². The fourth-order valence-corrected chi connectivity index (χ4v) is 1.77. The first-order valence-corrected chi connectivity index (χ1v) is 5.37. The molecule has 15 heavy (non-hydrogen) atoms. The van der Waals surface area contributed by atoms with Crippen molar-refractivity contribution in [1.82, 2.24) is 9.88 Å². The number of nitrogens with zero attached hydrogens (tertiary/aromatic N) is 2. The Kier molecular flexibility index (Phi) is 5.61. The lowest BCUT2D eigenvalue weighted by atomic mass is 10.3. The van der Waals surface area contributed by atoms with E-state index in [-0.39, 0.29) is 5.38 Å². The van der Waals surface area contributed by atoms with Crippen molar-refractivity contribution in [3.63, 3.8) is 0 Å². The van der Waals surface area contributed by atoms with Crippen LogP contribution in [0.5, 0.6) is 0 Å². The number of rotatable bonds is 6. The second-order valence-corrected chi connectivity index (χ2v) is 4.19. The Morgan fingerprint density at radius 3 is 2.93 bits per heavy atom. The van der Waals surface area contributed by atoms with Gasteiger partial charge in [-0.1, -0.05) is 6.07 Å². The summed E-state index contributed by atoms with van der Waals surface area (Å²) in [5, 5.41) is 0.0312. The molecule has 1 atom stereocenters. The zero-order valence-electron chi connectivity index (χ0n) is 9.19. The first-order chi connectivity index (χ1) is 7.22. The molecule has 1 aromatic rings. The molecule has 1 aromatic heterocycles. The highest BCUT2D eigenvalue weighted by molar-refractivity contribution is 6.20. The third-order valence-corrected chi connectivity index (χ3v) is 2.28. The first kappa shape index (κ1) is 12.4. The van der Waals surface area contributed by atoms with Crippen molar-refractivity contribution in [3.8, 4) is 0 Å². The molecule has 4 heteroatoms. The summed E-state index contributed by atoms with van der Waals surface area (Å²) < 4.78 is 4.98. The van der Waals surface area contributed by atoms with Crippen molar-refractivity contribution >= 4 is 11.6 Å². The number of hydrogen-bond donors (Lipinski definition) is 0. The molecule has 0 amide bonds. The highest BCUT2D eigenvalue weighted by Crippen LogP contribution is 2.03. The van der Waals surface area contributed by atoms with Crippen molar-refractivity contribution < 1.29 is 4.74 Å². The van der Waals surface area contributed by atoms with Crippen LogP contribution in [0.1, 0.15) is 5.69 Å². The Labute approximate surface area is 96.0 Å². The molecule has 3 nitrogen and oxygen atoms in total. The zero-order valence-corrected chi connectivity index (χ0v) is 9.94. The fraction of sp³-hybridized carbons (Fsp3) is 0.545. The fourth-order valence-electron chi connectivity index (χ4n) is 1.40. The second kappa shape index (κ2) is 6.77. The Bertz CT molecular complexity index is 269. The van der Waals surface area contributed by atoms with Crippen LogP contribution in [-0.4, -0.2) is 42.6 Å². The number of alkyl halides is 1.